The Morgan fingerprint density at radius 3 is 1.27 bits per heavy atom. The number of sulfonamides is 2. The van der Waals surface area contributed by atoms with E-state index in [0.717, 1.165) is 96.5 Å². The maximum absolute atomic E-state index is 12.9. The second-order valence-electron chi connectivity index (χ2n) is 16.0. The van der Waals surface area contributed by atoms with Crippen molar-refractivity contribution in [3.8, 4) is 35.2 Å². The molecule has 11 heteroatoms. The summed E-state index contributed by atoms with van der Waals surface area (Å²) in [5.74, 6) is 13.4. The number of allylic oxidation sites excluding steroid dienone is 2. The van der Waals surface area contributed by atoms with E-state index < -0.39 is 20.0 Å². The summed E-state index contributed by atoms with van der Waals surface area (Å²) in [5, 5.41) is 2.47. The molecular weight excluding hydrogens is 825 g/mol. The van der Waals surface area contributed by atoms with Crippen molar-refractivity contribution < 1.29 is 21.6 Å². The summed E-state index contributed by atoms with van der Waals surface area (Å²) >= 11 is 0. The Bertz CT molecular complexity index is 2310. The van der Waals surface area contributed by atoms with Gasteiger partial charge in [0.25, 0.3) is 0 Å². The van der Waals surface area contributed by atoms with Gasteiger partial charge < -0.3 is 14.5 Å². The maximum atomic E-state index is 12.9. The van der Waals surface area contributed by atoms with Gasteiger partial charge in [0.1, 0.15) is 11.5 Å². The van der Waals surface area contributed by atoms with Crippen LogP contribution in [0.1, 0.15) is 87.5 Å². The van der Waals surface area contributed by atoms with Crippen LogP contribution >= 0.6 is 0 Å². The van der Waals surface area contributed by atoms with E-state index in [1.165, 1.54) is 31.6 Å². The van der Waals surface area contributed by atoms with E-state index in [-0.39, 0.29) is 0 Å². The molecule has 63 heavy (non-hydrogen) atoms. The number of unbranched alkanes of at least 4 members (excludes halogenated alkanes) is 6. The average molecular weight is 887 g/mol. The summed E-state index contributed by atoms with van der Waals surface area (Å²) in [6.45, 7) is 8.50. The largest absolute Gasteiger partial charge is 0.457 e. The van der Waals surface area contributed by atoms with Gasteiger partial charge in [0, 0.05) is 102 Å². The molecule has 2 aliphatic rings. The number of hydrogen-bond acceptors (Lipinski definition) is 7. The number of ether oxygens (including phenoxy) is 1. The third-order valence-electron chi connectivity index (χ3n) is 11.4. The number of rotatable bonds is 18. The quantitative estimate of drug-likeness (QED) is 0.0727. The topological polar surface area (TPSA) is 90.5 Å². The molecule has 4 aromatic carbocycles. The lowest BCUT2D eigenvalue weighted by Gasteiger charge is -2.34. The molecule has 0 unspecified atom stereocenters. The first-order valence-corrected chi connectivity index (χ1v) is 25.5. The molecule has 2 saturated heterocycles. The molecular formula is C52H62N4O5S2. The molecule has 0 radical (unpaired) electrons. The average Bonchev–Trinajstić information content (AvgIpc) is 3.30. The first kappa shape index (κ1) is 47.2. The minimum atomic E-state index is -3.50. The zero-order valence-corrected chi connectivity index (χ0v) is 38.6. The summed E-state index contributed by atoms with van der Waals surface area (Å²) in [4.78, 5) is 4.47. The SMILES string of the molecule is CCCCCC#C/C=C\S(=O)(=O)N1CCN(c2ccc(Cc3ccccc3Oc3ccccc3Cc3ccc(N4CCN(S(=O)(=O)/C=C\C#CCCCCC)CC4)cc3)cc2)CC1. The number of para-hydroxylation sites is 2. The van der Waals surface area contributed by atoms with Gasteiger partial charge in [0.05, 0.1) is 10.8 Å². The third-order valence-corrected chi connectivity index (χ3v) is 14.5. The molecule has 2 aliphatic heterocycles. The van der Waals surface area contributed by atoms with Crippen molar-refractivity contribution in [2.24, 2.45) is 0 Å². The Hall–Kier alpha value is -5.30. The number of benzene rings is 4. The van der Waals surface area contributed by atoms with Crippen LogP contribution in [0.5, 0.6) is 11.5 Å². The Morgan fingerprint density at radius 1 is 0.508 bits per heavy atom. The van der Waals surface area contributed by atoms with Crippen LogP contribution in [-0.2, 0) is 32.9 Å². The van der Waals surface area contributed by atoms with E-state index in [9.17, 15) is 16.8 Å². The highest BCUT2D eigenvalue weighted by Crippen LogP contribution is 2.32. The Balaban J connectivity index is 0.998. The minimum absolute atomic E-state index is 0.429. The van der Waals surface area contributed by atoms with E-state index in [1.54, 1.807) is 0 Å². The number of piperazine rings is 2. The van der Waals surface area contributed by atoms with E-state index in [1.807, 2.05) is 36.4 Å². The third kappa shape index (κ3) is 14.4. The van der Waals surface area contributed by atoms with Crippen molar-refractivity contribution in [1.82, 2.24) is 8.61 Å². The highest BCUT2D eigenvalue weighted by molar-refractivity contribution is 7.92. The van der Waals surface area contributed by atoms with E-state index in [0.29, 0.717) is 65.2 Å². The fraction of sp³-hybridized carbons (Fsp3) is 0.385. The van der Waals surface area contributed by atoms with Gasteiger partial charge >= 0.3 is 0 Å². The first-order valence-electron chi connectivity index (χ1n) is 22.5. The monoisotopic (exact) mass is 886 g/mol. The van der Waals surface area contributed by atoms with Crippen LogP contribution in [0.15, 0.2) is 120 Å². The Kier molecular flexibility index (Phi) is 17.9. The van der Waals surface area contributed by atoms with E-state index in [2.05, 4.69) is 108 Å². The molecule has 0 spiro atoms. The highest BCUT2D eigenvalue weighted by Gasteiger charge is 2.26. The zero-order chi connectivity index (χ0) is 44.3. The van der Waals surface area contributed by atoms with E-state index >= 15 is 0 Å². The summed E-state index contributed by atoms with van der Waals surface area (Å²) in [6, 6.07) is 33.4. The van der Waals surface area contributed by atoms with Crippen molar-refractivity contribution in [2.75, 3.05) is 62.2 Å². The van der Waals surface area contributed by atoms with Gasteiger partial charge in [-0.05, 0) is 71.5 Å². The first-order chi connectivity index (χ1) is 30.6. The fourth-order valence-corrected chi connectivity index (χ4v) is 9.88. The molecule has 0 N–H and O–H groups in total. The normalized spacial score (nSPS) is 15.3. The fourth-order valence-electron chi connectivity index (χ4n) is 7.71. The lowest BCUT2D eigenvalue weighted by Crippen LogP contribution is -2.48. The van der Waals surface area contributed by atoms with Gasteiger partial charge in [-0.3, -0.25) is 0 Å². The Labute approximate surface area is 377 Å². The molecule has 6 rings (SSSR count). The van der Waals surface area contributed by atoms with Crippen LogP contribution < -0.4 is 14.5 Å². The second kappa shape index (κ2) is 24.0. The molecule has 2 heterocycles. The smallest absolute Gasteiger partial charge is 0.236 e. The van der Waals surface area contributed by atoms with Crippen LogP contribution in [0.4, 0.5) is 11.4 Å². The van der Waals surface area contributed by atoms with E-state index in [4.69, 9.17) is 4.74 Å². The summed E-state index contributed by atoms with van der Waals surface area (Å²) in [6.07, 6.45) is 12.5. The van der Waals surface area contributed by atoms with Gasteiger partial charge in [-0.25, -0.2) is 16.8 Å². The van der Waals surface area contributed by atoms with Crippen LogP contribution in [0.3, 0.4) is 0 Å². The van der Waals surface area contributed by atoms with Gasteiger partial charge in [-0.1, -0.05) is 124 Å². The van der Waals surface area contributed by atoms with Gasteiger partial charge in [0.15, 0.2) is 0 Å². The van der Waals surface area contributed by atoms with Crippen molar-refractivity contribution in [3.63, 3.8) is 0 Å². The lowest BCUT2D eigenvalue weighted by molar-refractivity contribution is 0.389. The molecule has 9 nitrogen and oxygen atoms in total. The molecule has 0 aliphatic carbocycles. The highest BCUT2D eigenvalue weighted by atomic mass is 32.2. The second-order valence-corrected chi connectivity index (χ2v) is 19.7. The van der Waals surface area contributed by atoms with Crippen molar-refractivity contribution in [3.05, 3.63) is 142 Å². The minimum Gasteiger partial charge on any atom is -0.457 e. The predicted octanol–water partition coefficient (Wildman–Crippen LogP) is 9.76. The molecule has 0 atom stereocenters. The molecule has 0 aromatic heterocycles. The molecule has 2 fully saturated rings. The molecule has 332 valence electrons. The number of hydrogen-bond donors (Lipinski definition) is 0. The zero-order valence-electron chi connectivity index (χ0n) is 36.9. The predicted molar refractivity (Wildman–Crippen MR) is 259 cm³/mol. The molecule has 0 bridgehead atoms. The van der Waals surface area contributed by atoms with Crippen molar-refractivity contribution in [1.29, 1.82) is 0 Å². The lowest BCUT2D eigenvalue weighted by atomic mass is 10.0. The summed E-state index contributed by atoms with van der Waals surface area (Å²) in [7, 11) is -7.00. The van der Waals surface area contributed by atoms with Gasteiger partial charge in [-0.2, -0.15) is 8.61 Å². The standard InChI is InChI=1S/C52H62N4O5S2/c1-3-5-7-9-11-13-19-41-62(57,58)55-37-33-53(34-38-55)49-29-25-45(26-30-49)43-47-21-15-17-23-51(47)61-52-24-18-16-22-48(52)44-46-27-31-50(32-28-46)54-35-39-56(40-36-54)63(59,60)42-20-14-12-10-8-6-4-2/h15-32,41-42H,3-10,33-40,43-44H2,1-2H3/b41-19-,42-20-. The number of nitrogens with zero attached hydrogens (tertiary/aromatic N) is 4. The summed E-state index contributed by atoms with van der Waals surface area (Å²) in [5.41, 5.74) is 6.63. The number of anilines is 2. The van der Waals surface area contributed by atoms with Gasteiger partial charge in [0.2, 0.25) is 20.0 Å². The Morgan fingerprint density at radius 2 is 0.889 bits per heavy atom. The molecule has 0 amide bonds. The van der Waals surface area contributed by atoms with Gasteiger partial charge in [-0.15, -0.1) is 0 Å². The van der Waals surface area contributed by atoms with Crippen LogP contribution in [-0.4, -0.2) is 77.8 Å². The van der Waals surface area contributed by atoms with Crippen LogP contribution in [0.25, 0.3) is 0 Å². The van der Waals surface area contributed by atoms with Crippen LogP contribution in [0, 0.1) is 23.7 Å². The van der Waals surface area contributed by atoms with Crippen molar-refractivity contribution in [2.45, 2.75) is 78.1 Å². The molecule has 0 saturated carbocycles. The van der Waals surface area contributed by atoms with Crippen LogP contribution in [0.2, 0.25) is 0 Å². The summed E-state index contributed by atoms with van der Waals surface area (Å²) < 4.78 is 61.3. The maximum Gasteiger partial charge on any atom is 0.236 e. The molecule has 4 aromatic rings. The van der Waals surface area contributed by atoms with Crippen molar-refractivity contribution >= 4 is 31.4 Å².